The minimum absolute atomic E-state index is 0. The van der Waals surface area contributed by atoms with Gasteiger partial charge >= 0.3 is 11.9 Å². The first kappa shape index (κ1) is 48.6. The Morgan fingerprint density at radius 2 is 0.918 bits per heavy atom. The van der Waals surface area contributed by atoms with E-state index in [1.54, 1.807) is 0 Å². The number of unbranched alkanes of at least 4 members (excludes halogenated alkanes) is 16. The van der Waals surface area contributed by atoms with Gasteiger partial charge in [0.05, 0.1) is 14.2 Å². The minimum Gasteiger partial charge on any atom is -0.469 e. The van der Waals surface area contributed by atoms with Gasteiger partial charge in [0.1, 0.15) is 12.2 Å². The molecular formula is C42H71O6P. The molecular weight excluding hydrogens is 631 g/mol. The van der Waals surface area contributed by atoms with Gasteiger partial charge in [0.25, 0.3) is 0 Å². The summed E-state index contributed by atoms with van der Waals surface area (Å²) >= 11 is 0. The van der Waals surface area contributed by atoms with Gasteiger partial charge in [-0.15, -0.1) is 35.5 Å². The van der Waals surface area contributed by atoms with Crippen molar-refractivity contribution in [1.29, 1.82) is 0 Å². The molecule has 0 amide bonds. The first-order valence-electron chi connectivity index (χ1n) is 19.0. The molecule has 1 N–H and O–H groups in total. The number of carbonyl (C=O) groups excluding carboxylic acids is 2. The van der Waals surface area contributed by atoms with E-state index in [1.807, 2.05) is 0 Å². The fourth-order valence-electron chi connectivity index (χ4n) is 4.52. The van der Waals surface area contributed by atoms with Gasteiger partial charge in [-0.2, -0.15) is 0 Å². The quantitative estimate of drug-likeness (QED) is 0.0441. The number of rotatable bonds is 25. The smallest absolute Gasteiger partial charge is 0.305 e. The first-order chi connectivity index (χ1) is 23.9. The molecule has 3 atom stereocenters. The van der Waals surface area contributed by atoms with Crippen LogP contribution in [0.1, 0.15) is 182 Å². The topological polar surface area (TPSA) is 82.1 Å². The molecule has 0 spiro atoms. The zero-order chi connectivity index (χ0) is 36.5. The summed E-state index contributed by atoms with van der Waals surface area (Å²) in [6.07, 6.45) is 25.8. The number of esters is 2. The standard InChI is InChI=1S/C21H35O3P.C21H34O3.H2/c1-3-4-17-20(24-25)18-15-13-11-9-7-5-6-8-10-12-14-16-19-21(22)23-2;1-3-4-17-20(22)18-15-13-11-9-7-5-6-8-10-12-14-16-19-21(23)24-2;/h20H,3-9,11,13-14,16-17,19,25H2,1-2H3;20,22H,3-9,11,13-14,16-17,19H2,1-2H3;1H/i;;1+2. The highest BCUT2D eigenvalue weighted by molar-refractivity contribution is 7.09. The molecule has 0 aliphatic carbocycles. The Bertz CT molecular complexity index is 1030. The molecule has 7 heteroatoms. The van der Waals surface area contributed by atoms with Crippen molar-refractivity contribution in [1.82, 2.24) is 0 Å². The van der Waals surface area contributed by atoms with E-state index in [-0.39, 0.29) is 19.5 Å². The Kier molecular flexibility index (Phi) is 41.4. The highest BCUT2D eigenvalue weighted by Gasteiger charge is 2.01. The van der Waals surface area contributed by atoms with Crippen LogP contribution in [0.4, 0.5) is 0 Å². The molecule has 0 saturated heterocycles. The number of aliphatic hydroxyl groups is 1. The molecule has 6 nitrogen and oxygen atoms in total. The fraction of sp³-hybridized carbons (Fsp3) is 0.762. The summed E-state index contributed by atoms with van der Waals surface area (Å²) in [5.74, 6) is 24.7. The van der Waals surface area contributed by atoms with Crippen molar-refractivity contribution in [3.63, 3.8) is 0 Å². The average Bonchev–Trinajstić information content (AvgIpc) is 3.12. The summed E-state index contributed by atoms with van der Waals surface area (Å²) in [4.78, 5) is 21.8. The predicted molar refractivity (Wildman–Crippen MR) is 209 cm³/mol. The number of hydrogen-bond donors (Lipinski definition) is 1. The van der Waals surface area contributed by atoms with Crippen LogP contribution >= 0.6 is 9.47 Å². The first-order valence-corrected chi connectivity index (χ1v) is 19.5. The van der Waals surface area contributed by atoms with Crippen LogP contribution in [0.3, 0.4) is 0 Å². The van der Waals surface area contributed by atoms with Crippen molar-refractivity contribution >= 4 is 21.4 Å². The van der Waals surface area contributed by atoms with Gasteiger partial charge in [-0.1, -0.05) is 89.9 Å². The monoisotopic (exact) mass is 705 g/mol. The second kappa shape index (κ2) is 41.7. The zero-order valence-corrected chi connectivity index (χ0v) is 32.8. The molecule has 49 heavy (non-hydrogen) atoms. The maximum Gasteiger partial charge on any atom is 0.305 e. The summed E-state index contributed by atoms with van der Waals surface area (Å²) in [7, 11) is 5.16. The number of aliphatic hydroxyl groups excluding tert-OH is 1. The molecule has 0 saturated carbocycles. The maximum absolute atomic E-state index is 10.9. The van der Waals surface area contributed by atoms with Crippen molar-refractivity contribution in [2.75, 3.05) is 14.2 Å². The van der Waals surface area contributed by atoms with Crippen molar-refractivity contribution in [3.05, 3.63) is 0 Å². The molecule has 0 radical (unpaired) electrons. The Morgan fingerprint density at radius 3 is 1.33 bits per heavy atom. The third kappa shape index (κ3) is 41.6. The molecule has 280 valence electrons. The molecule has 0 heterocycles. The highest BCUT2D eigenvalue weighted by atomic mass is 31.0. The van der Waals surface area contributed by atoms with Crippen LogP contribution in [0.2, 0.25) is 0 Å². The van der Waals surface area contributed by atoms with E-state index in [0.717, 1.165) is 96.3 Å². The summed E-state index contributed by atoms with van der Waals surface area (Å²) in [6, 6.07) is 0. The summed E-state index contributed by atoms with van der Waals surface area (Å²) < 4.78 is 14.4. The van der Waals surface area contributed by atoms with Gasteiger partial charge < -0.3 is 19.1 Å². The predicted octanol–water partition coefficient (Wildman–Crippen LogP) is 10.3. The Morgan fingerprint density at radius 1 is 0.551 bits per heavy atom. The Hall–Kier alpha value is -2.47. The molecule has 0 aliphatic heterocycles. The van der Waals surface area contributed by atoms with Crippen molar-refractivity contribution in [2.45, 2.75) is 193 Å². The molecule has 0 rings (SSSR count). The lowest BCUT2D eigenvalue weighted by atomic mass is 10.1. The lowest BCUT2D eigenvalue weighted by molar-refractivity contribution is -0.141. The second-order valence-electron chi connectivity index (χ2n) is 12.2. The number of methoxy groups -OCH3 is 2. The lowest BCUT2D eigenvalue weighted by Gasteiger charge is -2.06. The van der Waals surface area contributed by atoms with E-state index in [9.17, 15) is 14.7 Å². The molecule has 0 fully saturated rings. The van der Waals surface area contributed by atoms with E-state index in [2.05, 4.69) is 80.2 Å². The van der Waals surface area contributed by atoms with Crippen LogP contribution in [-0.4, -0.2) is 43.5 Å². The van der Waals surface area contributed by atoms with E-state index in [1.165, 1.54) is 72.0 Å². The molecule has 3 unspecified atom stereocenters. The van der Waals surface area contributed by atoms with Crippen LogP contribution in [0.5, 0.6) is 0 Å². The molecule has 0 aromatic rings. The fourth-order valence-corrected chi connectivity index (χ4v) is 4.73. The summed E-state index contributed by atoms with van der Waals surface area (Å²) in [5, 5.41) is 9.59. The molecule has 0 bridgehead atoms. The van der Waals surface area contributed by atoms with Gasteiger partial charge in [0, 0.05) is 62.3 Å². The van der Waals surface area contributed by atoms with Gasteiger partial charge in [0.2, 0.25) is 0 Å². The van der Waals surface area contributed by atoms with Gasteiger partial charge in [0.15, 0.2) is 0 Å². The van der Waals surface area contributed by atoms with Crippen LogP contribution in [0.25, 0.3) is 0 Å². The van der Waals surface area contributed by atoms with E-state index in [4.69, 9.17) is 4.52 Å². The highest BCUT2D eigenvalue weighted by Crippen LogP contribution is 2.10. The van der Waals surface area contributed by atoms with Gasteiger partial charge in [-0.3, -0.25) is 9.59 Å². The number of carbonyl (C=O) groups is 2. The van der Waals surface area contributed by atoms with Crippen LogP contribution in [-0.2, 0) is 23.6 Å². The summed E-state index contributed by atoms with van der Waals surface area (Å²) in [6.45, 7) is 4.31. The minimum atomic E-state index is -0.434. The lowest BCUT2D eigenvalue weighted by Crippen LogP contribution is -2.03. The van der Waals surface area contributed by atoms with Crippen molar-refractivity contribution < 1.29 is 30.1 Å². The van der Waals surface area contributed by atoms with Crippen LogP contribution in [0, 0.1) is 47.4 Å². The second-order valence-corrected chi connectivity index (χ2v) is 12.4. The number of hydrogen-bond acceptors (Lipinski definition) is 6. The van der Waals surface area contributed by atoms with Crippen molar-refractivity contribution in [3.8, 4) is 47.4 Å². The molecule has 0 aromatic heterocycles. The van der Waals surface area contributed by atoms with E-state index < -0.39 is 6.10 Å². The van der Waals surface area contributed by atoms with Gasteiger partial charge in [-0.05, 0) is 51.4 Å². The third-order valence-electron chi connectivity index (χ3n) is 7.62. The Labute approximate surface area is 305 Å². The zero-order valence-electron chi connectivity index (χ0n) is 31.6. The SMILES string of the molecule is CCCCC(C#CCCCCCCCC#CCCCC(=O)OC)OP.CCCCC(O)C#CCCCCCCCC#CCCCC(=O)OC.[3HH]. The Balaban J connectivity index is -0.000000867. The van der Waals surface area contributed by atoms with E-state index >= 15 is 0 Å². The maximum atomic E-state index is 10.9. The van der Waals surface area contributed by atoms with Crippen LogP contribution in [0.15, 0.2) is 0 Å². The molecule has 0 aliphatic rings. The number of ether oxygens (including phenoxy) is 2. The van der Waals surface area contributed by atoms with Crippen LogP contribution < -0.4 is 0 Å². The van der Waals surface area contributed by atoms with Crippen molar-refractivity contribution in [2.24, 2.45) is 0 Å². The largest absolute Gasteiger partial charge is 0.469 e. The normalized spacial score (nSPS) is 11.0. The molecule has 0 aromatic carbocycles. The average molecular weight is 705 g/mol. The third-order valence-corrected chi connectivity index (χ3v) is 7.95. The summed E-state index contributed by atoms with van der Waals surface area (Å²) in [5.41, 5.74) is 0. The van der Waals surface area contributed by atoms with Gasteiger partial charge in [-0.25, -0.2) is 0 Å². The van der Waals surface area contributed by atoms with E-state index in [0.29, 0.717) is 12.8 Å².